The van der Waals surface area contributed by atoms with Gasteiger partial charge < -0.3 is 20.0 Å². The second kappa shape index (κ2) is 12.7. The molecule has 3 N–H and O–H groups in total. The Morgan fingerprint density at radius 2 is 2.00 bits per heavy atom. The van der Waals surface area contributed by atoms with E-state index in [9.17, 15) is 13.6 Å². The van der Waals surface area contributed by atoms with E-state index in [1.165, 1.54) is 18.0 Å². The quantitative estimate of drug-likeness (QED) is 0.190. The fourth-order valence-electron chi connectivity index (χ4n) is 2.80. The molecule has 1 fully saturated rings. The van der Waals surface area contributed by atoms with Crippen molar-refractivity contribution in [2.24, 2.45) is 0 Å². The van der Waals surface area contributed by atoms with E-state index in [0.29, 0.717) is 22.8 Å². The van der Waals surface area contributed by atoms with Crippen LogP contribution in [0, 0.1) is 12.7 Å². The normalized spacial score (nSPS) is 16.4. The molecule has 1 saturated carbocycles. The number of aryl methyl sites for hydroxylation is 1. The maximum absolute atomic E-state index is 14.4. The maximum atomic E-state index is 14.4. The Bertz CT molecular complexity index is 793. The number of halogens is 2. The molecule has 174 valence electrons. The number of carbonyl (C=O) groups excluding carboxylic acids is 1. The van der Waals surface area contributed by atoms with Crippen LogP contribution in [0.4, 0.5) is 14.5 Å². The molecule has 1 aromatic carbocycles. The van der Waals surface area contributed by atoms with Crippen LogP contribution in [0.3, 0.4) is 0 Å². The second-order valence-electron chi connectivity index (χ2n) is 7.64. The van der Waals surface area contributed by atoms with Gasteiger partial charge in [0.2, 0.25) is 0 Å². The number of nitrogens with zero attached hydrogens (tertiary/aromatic N) is 1. The summed E-state index contributed by atoms with van der Waals surface area (Å²) in [4.78, 5) is 13.0. The third-order valence-corrected chi connectivity index (χ3v) is 5.94. The Balaban J connectivity index is 0.00000233. The summed E-state index contributed by atoms with van der Waals surface area (Å²) in [5.41, 5.74) is 2.19. The largest absolute Gasteiger partial charge is 0.393 e. The summed E-state index contributed by atoms with van der Waals surface area (Å²) in [5.74, 6) is 0.186. The zero-order valence-electron chi connectivity index (χ0n) is 19.3. The molecule has 5 nitrogen and oxygen atoms in total. The number of benzene rings is 1. The molecule has 0 spiro atoms. The highest BCUT2D eigenvalue weighted by Crippen LogP contribution is 2.51. The lowest BCUT2D eigenvalue weighted by atomic mass is 10.2. The molecule has 0 aliphatic heterocycles. The Hall–Kier alpha value is -2.06. The molecular formula is C23H35F2N3O2S. The number of anilines is 1. The molecule has 1 aliphatic rings. The lowest BCUT2D eigenvalue weighted by Crippen LogP contribution is -2.26. The van der Waals surface area contributed by atoms with Crippen LogP contribution in [0.5, 0.6) is 0 Å². The van der Waals surface area contributed by atoms with Gasteiger partial charge in [-0.15, -0.1) is 0 Å². The van der Waals surface area contributed by atoms with Gasteiger partial charge in [-0.3, -0.25) is 4.79 Å². The number of nitrogens with one attached hydrogen (secondary N) is 2. The lowest BCUT2D eigenvalue weighted by molar-refractivity contribution is -0.104. The Morgan fingerprint density at radius 1 is 1.35 bits per heavy atom. The van der Waals surface area contributed by atoms with Crippen molar-refractivity contribution in [2.75, 3.05) is 26.0 Å². The van der Waals surface area contributed by atoms with E-state index in [-0.39, 0.29) is 17.0 Å². The van der Waals surface area contributed by atoms with E-state index in [1.807, 2.05) is 26.8 Å². The van der Waals surface area contributed by atoms with Crippen LogP contribution in [-0.2, 0) is 4.79 Å². The van der Waals surface area contributed by atoms with Crippen molar-refractivity contribution in [3.05, 3.63) is 52.7 Å². The molecular weight excluding hydrogens is 420 g/mol. The number of allylic oxidation sites excluding steroid dienone is 2. The first-order valence-corrected chi connectivity index (χ1v) is 11.3. The Kier molecular flexibility index (Phi) is 11.1. The molecule has 1 aromatic rings. The van der Waals surface area contributed by atoms with Gasteiger partial charge in [-0.05, 0) is 74.4 Å². The van der Waals surface area contributed by atoms with Crippen molar-refractivity contribution >= 4 is 23.9 Å². The fourth-order valence-corrected chi connectivity index (χ4v) is 3.85. The summed E-state index contributed by atoms with van der Waals surface area (Å²) < 4.78 is 31.0. The standard InChI is InChI=1S/C21H29F2N3O2S.C2H6/c1-14-5-6-18(17(23)9-14)24-20(26(3)4)19(10-15(2)12-27)25-29-21(7-8-21)11-16(22)13-28;1-2/h5-6,9-10,12,16,24-25,28H,7-8,11,13H2,1-4H3;1-2H3/b15-10-,20-19+;. The molecule has 8 heteroatoms. The fraction of sp³-hybridized carbons (Fsp3) is 0.522. The predicted molar refractivity (Wildman–Crippen MR) is 126 cm³/mol. The van der Waals surface area contributed by atoms with E-state index < -0.39 is 12.8 Å². The number of aldehydes is 1. The van der Waals surface area contributed by atoms with Crippen LogP contribution in [0.15, 0.2) is 41.4 Å². The average Bonchev–Trinajstić information content (AvgIpc) is 3.51. The van der Waals surface area contributed by atoms with Crippen LogP contribution in [0.2, 0.25) is 0 Å². The van der Waals surface area contributed by atoms with Gasteiger partial charge in [0.1, 0.15) is 24.1 Å². The van der Waals surface area contributed by atoms with Gasteiger partial charge in [0.25, 0.3) is 0 Å². The predicted octanol–water partition coefficient (Wildman–Crippen LogP) is 4.94. The molecule has 0 amide bonds. The highest BCUT2D eigenvalue weighted by molar-refractivity contribution is 7.99. The smallest absolute Gasteiger partial charge is 0.146 e. The maximum Gasteiger partial charge on any atom is 0.146 e. The van der Waals surface area contributed by atoms with Gasteiger partial charge in [-0.1, -0.05) is 19.9 Å². The Morgan fingerprint density at radius 3 is 2.48 bits per heavy atom. The van der Waals surface area contributed by atoms with E-state index in [0.717, 1.165) is 24.7 Å². The third-order valence-electron chi connectivity index (χ3n) is 4.61. The van der Waals surface area contributed by atoms with Crippen molar-refractivity contribution in [2.45, 2.75) is 57.9 Å². The first kappa shape index (κ1) is 27.0. The van der Waals surface area contributed by atoms with Crippen molar-refractivity contribution in [3.63, 3.8) is 0 Å². The molecule has 0 saturated heterocycles. The molecule has 0 heterocycles. The lowest BCUT2D eigenvalue weighted by Gasteiger charge is -2.25. The number of carbonyl (C=O) groups is 1. The van der Waals surface area contributed by atoms with Crippen LogP contribution < -0.4 is 10.0 Å². The zero-order valence-corrected chi connectivity index (χ0v) is 20.1. The van der Waals surface area contributed by atoms with Gasteiger partial charge in [-0.2, -0.15) is 0 Å². The van der Waals surface area contributed by atoms with Crippen molar-refractivity contribution < 1.29 is 18.7 Å². The number of hydrogen-bond acceptors (Lipinski definition) is 6. The van der Waals surface area contributed by atoms with Crippen LogP contribution in [-0.4, -0.2) is 47.9 Å². The monoisotopic (exact) mass is 455 g/mol. The summed E-state index contributed by atoms with van der Waals surface area (Å²) in [5, 5.41) is 12.1. The summed E-state index contributed by atoms with van der Waals surface area (Å²) in [6.45, 7) is 7.00. The SMILES string of the molecule is C/C(C=O)=C/C(NSC1(CC(F)CO)CC1)=C(/Nc1ccc(C)cc1F)N(C)C.CC. The average molecular weight is 456 g/mol. The number of aliphatic hydroxyl groups is 1. The molecule has 31 heavy (non-hydrogen) atoms. The Labute approximate surface area is 189 Å². The van der Waals surface area contributed by atoms with Crippen molar-refractivity contribution in [3.8, 4) is 0 Å². The third kappa shape index (κ3) is 8.53. The summed E-state index contributed by atoms with van der Waals surface area (Å²) in [6.07, 6.45) is 3.08. The van der Waals surface area contributed by atoms with Crippen molar-refractivity contribution in [1.29, 1.82) is 0 Å². The van der Waals surface area contributed by atoms with Crippen molar-refractivity contribution in [1.82, 2.24) is 9.62 Å². The summed E-state index contributed by atoms with van der Waals surface area (Å²) in [7, 11) is 3.61. The number of alkyl halides is 1. The number of hydrogen-bond donors (Lipinski definition) is 3. The molecule has 0 radical (unpaired) electrons. The number of aliphatic hydroxyl groups excluding tert-OH is 1. The van der Waals surface area contributed by atoms with Crippen LogP contribution >= 0.6 is 11.9 Å². The van der Waals surface area contributed by atoms with Gasteiger partial charge in [0, 0.05) is 18.8 Å². The van der Waals surface area contributed by atoms with Crippen LogP contribution in [0.25, 0.3) is 0 Å². The molecule has 0 bridgehead atoms. The van der Waals surface area contributed by atoms with Crippen LogP contribution in [0.1, 0.15) is 45.6 Å². The minimum absolute atomic E-state index is 0.252. The van der Waals surface area contributed by atoms with Gasteiger partial charge in [-0.25, -0.2) is 8.78 Å². The molecule has 1 aliphatic carbocycles. The van der Waals surface area contributed by atoms with E-state index >= 15 is 0 Å². The van der Waals surface area contributed by atoms with Gasteiger partial charge in [0.15, 0.2) is 0 Å². The molecule has 0 aromatic heterocycles. The van der Waals surface area contributed by atoms with E-state index in [4.69, 9.17) is 5.11 Å². The minimum atomic E-state index is -1.26. The van der Waals surface area contributed by atoms with E-state index in [2.05, 4.69) is 10.0 Å². The highest BCUT2D eigenvalue weighted by atomic mass is 32.2. The van der Waals surface area contributed by atoms with Gasteiger partial charge >= 0.3 is 0 Å². The molecule has 1 unspecified atom stereocenters. The van der Waals surface area contributed by atoms with E-state index in [1.54, 1.807) is 38.1 Å². The zero-order chi connectivity index (χ0) is 23.6. The topological polar surface area (TPSA) is 64.6 Å². The second-order valence-corrected chi connectivity index (χ2v) is 8.92. The summed E-state index contributed by atoms with van der Waals surface area (Å²) >= 11 is 1.38. The number of rotatable bonds is 11. The molecule has 2 rings (SSSR count). The first-order chi connectivity index (χ1) is 14.7. The highest BCUT2D eigenvalue weighted by Gasteiger charge is 2.45. The minimum Gasteiger partial charge on any atom is -0.393 e. The first-order valence-electron chi connectivity index (χ1n) is 10.5. The molecule has 1 atom stereocenters. The van der Waals surface area contributed by atoms with Gasteiger partial charge in [0.05, 0.1) is 18.0 Å². The summed E-state index contributed by atoms with van der Waals surface area (Å²) in [6, 6.07) is 4.91.